The Morgan fingerprint density at radius 1 is 1.00 bits per heavy atom. The Morgan fingerprint density at radius 3 is 1.60 bits per heavy atom. The maximum absolute atomic E-state index is 13.5. The van der Waals surface area contributed by atoms with Crippen molar-refractivity contribution in [2.75, 3.05) is 0 Å². The lowest BCUT2D eigenvalue weighted by Crippen LogP contribution is -2.20. The van der Waals surface area contributed by atoms with Crippen molar-refractivity contribution in [3.63, 3.8) is 0 Å². The van der Waals surface area contributed by atoms with E-state index in [1.165, 1.54) is 0 Å². The second-order valence-corrected chi connectivity index (χ2v) is 3.00. The van der Waals surface area contributed by atoms with Gasteiger partial charge in [0, 0.05) is 0 Å². The first-order chi connectivity index (χ1) is 4.68. The summed E-state index contributed by atoms with van der Waals surface area (Å²) in [6.07, 6.45) is 4.07. The third-order valence-corrected chi connectivity index (χ3v) is 2.03. The molecule has 0 N–H and O–H groups in total. The Bertz CT molecular complexity index is 72.8. The second-order valence-electron chi connectivity index (χ2n) is 3.00. The molecule has 62 valence electrons. The van der Waals surface area contributed by atoms with Crippen LogP contribution in [0, 0.1) is 0 Å². The molecule has 0 heterocycles. The molecule has 10 heavy (non-hydrogen) atoms. The molecule has 0 amide bonds. The molecule has 0 bridgehead atoms. The van der Waals surface area contributed by atoms with Gasteiger partial charge in [-0.05, 0) is 19.3 Å². The van der Waals surface area contributed by atoms with Crippen LogP contribution in [0.4, 0.5) is 4.39 Å². The van der Waals surface area contributed by atoms with Crippen molar-refractivity contribution in [2.45, 2.75) is 58.5 Å². The van der Waals surface area contributed by atoms with E-state index in [1.54, 1.807) is 0 Å². The lowest BCUT2D eigenvalue weighted by atomic mass is 9.92. The molecule has 0 aromatic carbocycles. The molecule has 0 rings (SSSR count). The Kier molecular flexibility index (Phi) is 4.67. The van der Waals surface area contributed by atoms with E-state index in [0.717, 1.165) is 25.7 Å². The maximum atomic E-state index is 13.5. The van der Waals surface area contributed by atoms with Crippen molar-refractivity contribution in [1.29, 1.82) is 0 Å². The average molecular weight is 146 g/mol. The van der Waals surface area contributed by atoms with E-state index in [9.17, 15) is 4.39 Å². The van der Waals surface area contributed by atoms with Gasteiger partial charge in [-0.2, -0.15) is 0 Å². The first kappa shape index (κ1) is 9.93. The zero-order valence-corrected chi connectivity index (χ0v) is 7.41. The van der Waals surface area contributed by atoms with E-state index in [4.69, 9.17) is 0 Å². The van der Waals surface area contributed by atoms with E-state index in [1.807, 2.05) is 20.8 Å². The van der Waals surface area contributed by atoms with Gasteiger partial charge in [-0.3, -0.25) is 0 Å². The second kappa shape index (κ2) is 4.70. The van der Waals surface area contributed by atoms with Gasteiger partial charge in [-0.25, -0.2) is 4.39 Å². The third kappa shape index (κ3) is 3.19. The molecule has 0 aromatic rings. The summed E-state index contributed by atoms with van der Waals surface area (Å²) in [7, 11) is 0. The van der Waals surface area contributed by atoms with E-state index in [-0.39, 0.29) is 0 Å². The number of hydrogen-bond acceptors (Lipinski definition) is 0. The van der Waals surface area contributed by atoms with E-state index < -0.39 is 5.67 Å². The summed E-state index contributed by atoms with van der Waals surface area (Å²) < 4.78 is 13.5. The molecule has 0 aliphatic heterocycles. The fourth-order valence-electron chi connectivity index (χ4n) is 1.37. The molecule has 0 nitrogen and oxygen atoms in total. The Morgan fingerprint density at radius 2 is 1.40 bits per heavy atom. The van der Waals surface area contributed by atoms with E-state index in [0.29, 0.717) is 6.42 Å². The van der Waals surface area contributed by atoms with Crippen LogP contribution in [0.15, 0.2) is 0 Å². The van der Waals surface area contributed by atoms with Gasteiger partial charge in [-0.15, -0.1) is 0 Å². The maximum Gasteiger partial charge on any atom is 0.110 e. The van der Waals surface area contributed by atoms with Gasteiger partial charge in [0.05, 0.1) is 0 Å². The lowest BCUT2D eigenvalue weighted by Gasteiger charge is -2.22. The Balaban J connectivity index is 3.69. The first-order valence-corrected chi connectivity index (χ1v) is 4.37. The van der Waals surface area contributed by atoms with Gasteiger partial charge >= 0.3 is 0 Å². The molecule has 1 heteroatoms. The van der Waals surface area contributed by atoms with Crippen LogP contribution in [-0.4, -0.2) is 5.67 Å². The molecular formula is C9H19F. The van der Waals surface area contributed by atoms with Gasteiger partial charge in [0.2, 0.25) is 0 Å². The molecule has 0 aliphatic rings. The highest BCUT2D eigenvalue weighted by atomic mass is 19.1. The molecule has 0 fully saturated rings. The van der Waals surface area contributed by atoms with Gasteiger partial charge in [0.15, 0.2) is 0 Å². The minimum atomic E-state index is -0.858. The first-order valence-electron chi connectivity index (χ1n) is 4.37. The number of hydrogen-bond donors (Lipinski definition) is 0. The van der Waals surface area contributed by atoms with Crippen molar-refractivity contribution in [3.8, 4) is 0 Å². The average Bonchev–Trinajstić information content (AvgIpc) is 1.89. The summed E-state index contributed by atoms with van der Waals surface area (Å²) in [6.45, 7) is 6.02. The van der Waals surface area contributed by atoms with Crippen LogP contribution in [0.1, 0.15) is 52.9 Å². The van der Waals surface area contributed by atoms with Gasteiger partial charge in [0.25, 0.3) is 0 Å². The number of halogens is 1. The molecular weight excluding hydrogens is 127 g/mol. The largest absolute Gasteiger partial charge is 0.244 e. The lowest BCUT2D eigenvalue weighted by molar-refractivity contribution is 0.129. The Hall–Kier alpha value is -0.0700. The SMILES string of the molecule is CCCC(F)(CC)CCC. The summed E-state index contributed by atoms with van der Waals surface area (Å²) in [6, 6.07) is 0. The highest BCUT2D eigenvalue weighted by molar-refractivity contribution is 4.75. The Labute approximate surface area is 63.8 Å². The zero-order valence-electron chi connectivity index (χ0n) is 7.41. The summed E-state index contributed by atoms with van der Waals surface area (Å²) in [5.41, 5.74) is -0.858. The molecule has 0 spiro atoms. The van der Waals surface area contributed by atoms with Crippen LogP contribution in [-0.2, 0) is 0 Å². The van der Waals surface area contributed by atoms with Crippen molar-refractivity contribution >= 4 is 0 Å². The summed E-state index contributed by atoms with van der Waals surface area (Å²) in [5, 5.41) is 0. The number of alkyl halides is 1. The molecule has 0 radical (unpaired) electrons. The fourth-order valence-corrected chi connectivity index (χ4v) is 1.37. The zero-order chi connectivity index (χ0) is 8.04. The molecule has 0 aliphatic carbocycles. The minimum absolute atomic E-state index is 0.675. The third-order valence-electron chi connectivity index (χ3n) is 2.03. The van der Waals surface area contributed by atoms with Crippen molar-refractivity contribution in [2.24, 2.45) is 0 Å². The van der Waals surface area contributed by atoms with Crippen molar-refractivity contribution in [3.05, 3.63) is 0 Å². The summed E-state index contributed by atoms with van der Waals surface area (Å²) in [5.74, 6) is 0. The molecule has 0 atom stereocenters. The fraction of sp³-hybridized carbons (Fsp3) is 1.00. The predicted octanol–water partition coefficient (Wildman–Crippen LogP) is 3.70. The van der Waals surface area contributed by atoms with Crippen LogP contribution in [0.3, 0.4) is 0 Å². The number of rotatable bonds is 5. The quantitative estimate of drug-likeness (QED) is 0.554. The summed E-state index contributed by atoms with van der Waals surface area (Å²) >= 11 is 0. The smallest absolute Gasteiger partial charge is 0.110 e. The predicted molar refractivity (Wildman–Crippen MR) is 43.9 cm³/mol. The van der Waals surface area contributed by atoms with Gasteiger partial charge in [0.1, 0.15) is 5.67 Å². The van der Waals surface area contributed by atoms with Crippen LogP contribution in [0.5, 0.6) is 0 Å². The van der Waals surface area contributed by atoms with E-state index >= 15 is 0 Å². The van der Waals surface area contributed by atoms with Gasteiger partial charge in [-0.1, -0.05) is 33.6 Å². The van der Waals surface area contributed by atoms with Crippen LogP contribution >= 0.6 is 0 Å². The highest BCUT2D eigenvalue weighted by Gasteiger charge is 2.24. The van der Waals surface area contributed by atoms with Crippen molar-refractivity contribution < 1.29 is 4.39 Å². The monoisotopic (exact) mass is 146 g/mol. The molecule has 0 unspecified atom stereocenters. The normalized spacial score (nSPS) is 12.0. The topological polar surface area (TPSA) is 0 Å². The summed E-state index contributed by atoms with van der Waals surface area (Å²) in [4.78, 5) is 0. The standard InChI is InChI=1S/C9H19F/c1-4-7-9(10,6-3)8-5-2/h4-8H2,1-3H3. The van der Waals surface area contributed by atoms with Crippen LogP contribution < -0.4 is 0 Å². The van der Waals surface area contributed by atoms with Gasteiger partial charge < -0.3 is 0 Å². The van der Waals surface area contributed by atoms with Crippen LogP contribution in [0.2, 0.25) is 0 Å². The minimum Gasteiger partial charge on any atom is -0.244 e. The molecule has 0 aromatic heterocycles. The highest BCUT2D eigenvalue weighted by Crippen LogP contribution is 2.27. The molecule has 0 saturated heterocycles. The molecule has 0 saturated carbocycles. The van der Waals surface area contributed by atoms with Crippen LogP contribution in [0.25, 0.3) is 0 Å². The van der Waals surface area contributed by atoms with E-state index in [2.05, 4.69) is 0 Å². The van der Waals surface area contributed by atoms with Crippen molar-refractivity contribution in [1.82, 2.24) is 0 Å².